The number of hydrogen-bond donors (Lipinski definition) is 0. The van der Waals surface area contributed by atoms with Gasteiger partial charge in [0.2, 0.25) is 5.91 Å². The van der Waals surface area contributed by atoms with Crippen LogP contribution in [0.25, 0.3) is 0 Å². The molecule has 2 heterocycles. The highest BCUT2D eigenvalue weighted by molar-refractivity contribution is 8.00. The number of rotatable bonds is 4. The molecule has 0 aromatic heterocycles. The van der Waals surface area contributed by atoms with Gasteiger partial charge in [0.15, 0.2) is 11.5 Å². The Morgan fingerprint density at radius 2 is 1.80 bits per heavy atom. The molecule has 0 N–H and O–H groups in total. The molecule has 0 unspecified atom stereocenters. The summed E-state index contributed by atoms with van der Waals surface area (Å²) in [4.78, 5) is 15.8. The third-order valence-electron chi connectivity index (χ3n) is 5.00. The topological polar surface area (TPSA) is 38.8 Å². The standard InChI is InChI=1S/C20H21NO3S/c1-23-16-10-13-8-9-21-19(22)12-18(25-14-6-4-3-5-7-14)20(21)15(13)11-17(16)24-2/h3-7,10-11,18,20H,8-9,12H2,1-2H3/t18-,20-/m1/s1. The molecule has 2 aliphatic heterocycles. The van der Waals surface area contributed by atoms with Crippen LogP contribution in [0.1, 0.15) is 23.6 Å². The van der Waals surface area contributed by atoms with E-state index in [4.69, 9.17) is 9.47 Å². The fourth-order valence-electron chi connectivity index (χ4n) is 3.84. The first-order valence-electron chi connectivity index (χ1n) is 8.47. The van der Waals surface area contributed by atoms with Crippen LogP contribution in [0.5, 0.6) is 11.5 Å². The first-order chi connectivity index (χ1) is 12.2. The second-order valence-corrected chi connectivity index (χ2v) is 7.67. The lowest BCUT2D eigenvalue weighted by molar-refractivity contribution is -0.129. The molecule has 0 bridgehead atoms. The van der Waals surface area contributed by atoms with Gasteiger partial charge in [-0.25, -0.2) is 0 Å². The Labute approximate surface area is 152 Å². The van der Waals surface area contributed by atoms with Gasteiger partial charge in [0.25, 0.3) is 0 Å². The van der Waals surface area contributed by atoms with E-state index in [0.717, 1.165) is 24.5 Å². The highest BCUT2D eigenvalue weighted by Crippen LogP contribution is 2.48. The van der Waals surface area contributed by atoms with Gasteiger partial charge in [-0.2, -0.15) is 0 Å². The molecular weight excluding hydrogens is 334 g/mol. The SMILES string of the molecule is COc1cc2c(cc1OC)[C@@H]1[C@H](Sc3ccccc3)CC(=O)N1CC2. The average molecular weight is 355 g/mol. The van der Waals surface area contributed by atoms with Crippen LogP contribution < -0.4 is 9.47 Å². The minimum atomic E-state index is 0.0984. The number of carbonyl (C=O) groups is 1. The Morgan fingerprint density at radius 3 is 2.52 bits per heavy atom. The number of methoxy groups -OCH3 is 2. The third kappa shape index (κ3) is 2.86. The van der Waals surface area contributed by atoms with Crippen molar-refractivity contribution in [2.24, 2.45) is 0 Å². The van der Waals surface area contributed by atoms with E-state index >= 15 is 0 Å². The lowest BCUT2D eigenvalue weighted by Gasteiger charge is -2.35. The molecule has 0 aliphatic carbocycles. The van der Waals surface area contributed by atoms with Crippen molar-refractivity contribution in [3.63, 3.8) is 0 Å². The van der Waals surface area contributed by atoms with E-state index in [2.05, 4.69) is 24.3 Å². The lowest BCUT2D eigenvalue weighted by atomic mass is 9.92. The molecule has 2 atom stereocenters. The van der Waals surface area contributed by atoms with Gasteiger partial charge in [0.1, 0.15) is 0 Å². The van der Waals surface area contributed by atoms with Crippen LogP contribution in [0.2, 0.25) is 0 Å². The molecule has 1 saturated heterocycles. The monoisotopic (exact) mass is 355 g/mol. The van der Waals surface area contributed by atoms with E-state index in [1.165, 1.54) is 16.0 Å². The van der Waals surface area contributed by atoms with E-state index in [-0.39, 0.29) is 17.2 Å². The molecule has 4 rings (SSSR count). The number of amides is 1. The minimum Gasteiger partial charge on any atom is -0.493 e. The number of thioether (sulfide) groups is 1. The van der Waals surface area contributed by atoms with Gasteiger partial charge < -0.3 is 14.4 Å². The molecule has 1 amide bonds. The van der Waals surface area contributed by atoms with Crippen molar-refractivity contribution < 1.29 is 14.3 Å². The summed E-state index contributed by atoms with van der Waals surface area (Å²) < 4.78 is 10.9. The number of ether oxygens (including phenoxy) is 2. The Morgan fingerprint density at radius 1 is 1.08 bits per heavy atom. The van der Waals surface area contributed by atoms with Gasteiger partial charge in [-0.15, -0.1) is 11.8 Å². The number of fused-ring (bicyclic) bond motifs is 3. The lowest BCUT2D eigenvalue weighted by Crippen LogP contribution is -2.36. The molecule has 0 saturated carbocycles. The molecule has 2 aromatic rings. The van der Waals surface area contributed by atoms with Crippen LogP contribution >= 0.6 is 11.8 Å². The smallest absolute Gasteiger partial charge is 0.224 e. The van der Waals surface area contributed by atoms with Gasteiger partial charge >= 0.3 is 0 Å². The maximum absolute atomic E-state index is 12.6. The summed E-state index contributed by atoms with van der Waals surface area (Å²) in [7, 11) is 3.31. The Hall–Kier alpha value is -2.14. The molecular formula is C20H21NO3S. The van der Waals surface area contributed by atoms with Crippen LogP contribution in [-0.2, 0) is 11.2 Å². The van der Waals surface area contributed by atoms with Crippen molar-refractivity contribution in [3.8, 4) is 11.5 Å². The van der Waals surface area contributed by atoms with Crippen molar-refractivity contribution in [2.75, 3.05) is 20.8 Å². The largest absolute Gasteiger partial charge is 0.493 e. The van der Waals surface area contributed by atoms with Crippen LogP contribution in [-0.4, -0.2) is 36.8 Å². The highest BCUT2D eigenvalue weighted by atomic mass is 32.2. The minimum absolute atomic E-state index is 0.0984. The fourth-order valence-corrected chi connectivity index (χ4v) is 5.15. The Balaban J connectivity index is 1.73. The van der Waals surface area contributed by atoms with Gasteiger partial charge in [-0.1, -0.05) is 18.2 Å². The molecule has 0 radical (unpaired) electrons. The molecule has 1 fully saturated rings. The number of nitrogens with zero attached hydrogens (tertiary/aromatic N) is 1. The molecule has 130 valence electrons. The van der Waals surface area contributed by atoms with Gasteiger partial charge in [-0.05, 0) is 41.8 Å². The van der Waals surface area contributed by atoms with Crippen molar-refractivity contribution in [3.05, 3.63) is 53.6 Å². The predicted octanol–water partition coefficient (Wildman–Crippen LogP) is 3.69. The van der Waals surface area contributed by atoms with Gasteiger partial charge in [0, 0.05) is 23.1 Å². The Kier molecular flexibility index (Phi) is 4.34. The molecule has 5 heteroatoms. The van der Waals surface area contributed by atoms with Crippen molar-refractivity contribution in [2.45, 2.75) is 29.0 Å². The quantitative estimate of drug-likeness (QED) is 0.838. The summed E-state index contributed by atoms with van der Waals surface area (Å²) in [5, 5.41) is 0.215. The molecule has 25 heavy (non-hydrogen) atoms. The first-order valence-corrected chi connectivity index (χ1v) is 9.35. The van der Waals surface area contributed by atoms with E-state index in [9.17, 15) is 4.79 Å². The summed E-state index contributed by atoms with van der Waals surface area (Å²) in [6.45, 7) is 0.776. The van der Waals surface area contributed by atoms with Crippen LogP contribution in [0.3, 0.4) is 0 Å². The predicted molar refractivity (Wildman–Crippen MR) is 98.4 cm³/mol. The van der Waals surface area contributed by atoms with Crippen molar-refractivity contribution in [1.82, 2.24) is 4.90 Å². The summed E-state index contributed by atoms with van der Waals surface area (Å²) in [5.74, 6) is 1.73. The molecule has 2 aromatic carbocycles. The normalized spacial score (nSPS) is 21.7. The first kappa shape index (κ1) is 16.3. The van der Waals surface area contributed by atoms with E-state index < -0.39 is 0 Å². The second-order valence-electron chi connectivity index (χ2n) is 6.36. The maximum atomic E-state index is 12.6. The number of carbonyl (C=O) groups excluding carboxylic acids is 1. The fraction of sp³-hybridized carbons (Fsp3) is 0.350. The van der Waals surface area contributed by atoms with E-state index in [1.807, 2.05) is 23.1 Å². The number of benzene rings is 2. The summed E-state index contributed by atoms with van der Waals surface area (Å²) in [6, 6.07) is 14.5. The molecule has 0 spiro atoms. The summed E-state index contributed by atoms with van der Waals surface area (Å²) in [6.07, 6.45) is 1.44. The average Bonchev–Trinajstić information content (AvgIpc) is 2.97. The Bertz CT molecular complexity index is 793. The van der Waals surface area contributed by atoms with Crippen LogP contribution in [0.4, 0.5) is 0 Å². The zero-order chi connectivity index (χ0) is 17.4. The third-order valence-corrected chi connectivity index (χ3v) is 6.27. The highest BCUT2D eigenvalue weighted by Gasteiger charge is 2.44. The van der Waals surface area contributed by atoms with Crippen molar-refractivity contribution in [1.29, 1.82) is 0 Å². The van der Waals surface area contributed by atoms with Gasteiger partial charge in [-0.3, -0.25) is 4.79 Å². The zero-order valence-electron chi connectivity index (χ0n) is 14.4. The zero-order valence-corrected chi connectivity index (χ0v) is 15.2. The van der Waals surface area contributed by atoms with E-state index in [0.29, 0.717) is 6.42 Å². The van der Waals surface area contributed by atoms with Crippen molar-refractivity contribution >= 4 is 17.7 Å². The van der Waals surface area contributed by atoms with Crippen LogP contribution in [0, 0.1) is 0 Å². The van der Waals surface area contributed by atoms with Gasteiger partial charge in [0.05, 0.1) is 20.3 Å². The number of hydrogen-bond acceptors (Lipinski definition) is 4. The van der Waals surface area contributed by atoms with Crippen LogP contribution in [0.15, 0.2) is 47.4 Å². The van der Waals surface area contributed by atoms with E-state index in [1.54, 1.807) is 26.0 Å². The molecule has 4 nitrogen and oxygen atoms in total. The summed E-state index contributed by atoms with van der Waals surface area (Å²) in [5.41, 5.74) is 2.45. The maximum Gasteiger partial charge on any atom is 0.224 e. The molecule has 2 aliphatic rings. The second kappa shape index (κ2) is 6.64. The summed E-state index contributed by atoms with van der Waals surface area (Å²) >= 11 is 1.79.